The zero-order valence-electron chi connectivity index (χ0n) is 19.5. The van der Waals surface area contributed by atoms with Gasteiger partial charge >= 0.3 is 6.18 Å². The third kappa shape index (κ3) is 2.77. The number of carbonyl (C=O) groups is 2. The van der Waals surface area contributed by atoms with Crippen LogP contribution in [0.25, 0.3) is 0 Å². The molecule has 0 aromatic rings. The summed E-state index contributed by atoms with van der Waals surface area (Å²) in [6.45, 7) is 10.5. The Bertz CT molecular complexity index is 786. The van der Waals surface area contributed by atoms with Gasteiger partial charge in [0.1, 0.15) is 5.54 Å². The zero-order valence-corrected chi connectivity index (χ0v) is 19.5. The van der Waals surface area contributed by atoms with Gasteiger partial charge in [-0.15, -0.1) is 0 Å². The standard InChI is InChI=1S/C22H35F3N2O4/c1-16(2,3)14(28)26-18(7,30)19(10-8-11-19)27(15(29)17(4,5)6)21(31,22(23,24)25)20(26)12-9-13-20/h30-31H,8-13H2,1-7H3/t18-,21+/m0/s1. The second-order valence-electron chi connectivity index (χ2n) is 11.7. The number of aliphatic hydroxyl groups is 2. The highest BCUT2D eigenvalue weighted by Crippen LogP contribution is 2.66. The normalized spacial score (nSPS) is 32.6. The smallest absolute Gasteiger partial charge is 0.369 e. The molecule has 3 rings (SSSR count). The molecule has 0 aromatic carbocycles. The Hall–Kier alpha value is -1.35. The molecule has 0 bridgehead atoms. The zero-order chi connectivity index (χ0) is 24.1. The van der Waals surface area contributed by atoms with Crippen LogP contribution in [-0.2, 0) is 9.59 Å². The molecule has 2 amide bonds. The van der Waals surface area contributed by atoms with Crippen molar-refractivity contribution in [3.63, 3.8) is 0 Å². The lowest BCUT2D eigenvalue weighted by atomic mass is 9.55. The Balaban J connectivity index is 2.40. The van der Waals surface area contributed by atoms with E-state index in [0.29, 0.717) is 17.7 Å². The van der Waals surface area contributed by atoms with Gasteiger partial charge in [-0.2, -0.15) is 13.2 Å². The average molecular weight is 449 g/mol. The topological polar surface area (TPSA) is 81.1 Å². The lowest BCUT2D eigenvalue weighted by Gasteiger charge is -2.76. The monoisotopic (exact) mass is 448 g/mol. The summed E-state index contributed by atoms with van der Waals surface area (Å²) in [5, 5.41) is 23.5. The van der Waals surface area contributed by atoms with E-state index in [1.807, 2.05) is 0 Å². The van der Waals surface area contributed by atoms with Crippen molar-refractivity contribution >= 4 is 11.8 Å². The molecule has 1 heterocycles. The van der Waals surface area contributed by atoms with Crippen LogP contribution in [0.2, 0.25) is 0 Å². The Morgan fingerprint density at radius 3 is 1.35 bits per heavy atom. The van der Waals surface area contributed by atoms with Gasteiger partial charge in [-0.1, -0.05) is 41.5 Å². The van der Waals surface area contributed by atoms with E-state index in [0.717, 1.165) is 4.90 Å². The van der Waals surface area contributed by atoms with Crippen LogP contribution in [0.1, 0.15) is 87.0 Å². The molecule has 0 radical (unpaired) electrons. The van der Waals surface area contributed by atoms with E-state index < -0.39 is 51.3 Å². The first-order valence-corrected chi connectivity index (χ1v) is 10.9. The van der Waals surface area contributed by atoms with Crippen LogP contribution >= 0.6 is 0 Å². The van der Waals surface area contributed by atoms with E-state index in [2.05, 4.69) is 0 Å². The molecule has 2 atom stereocenters. The molecule has 1 saturated heterocycles. The fourth-order valence-corrected chi connectivity index (χ4v) is 5.60. The average Bonchev–Trinajstić information content (AvgIpc) is 2.47. The van der Waals surface area contributed by atoms with Crippen LogP contribution in [0.4, 0.5) is 13.2 Å². The molecule has 0 aromatic heterocycles. The molecule has 178 valence electrons. The summed E-state index contributed by atoms with van der Waals surface area (Å²) in [6, 6.07) is 0. The second-order valence-corrected chi connectivity index (χ2v) is 11.7. The third-order valence-corrected chi connectivity index (χ3v) is 7.59. The summed E-state index contributed by atoms with van der Waals surface area (Å²) in [5.74, 6) is -1.56. The summed E-state index contributed by atoms with van der Waals surface area (Å²) in [7, 11) is 0. The quantitative estimate of drug-likeness (QED) is 0.594. The van der Waals surface area contributed by atoms with Crippen molar-refractivity contribution in [1.82, 2.24) is 9.80 Å². The number of piperazine rings is 1. The fraction of sp³-hybridized carbons (Fsp3) is 0.909. The van der Waals surface area contributed by atoms with Crippen molar-refractivity contribution in [1.29, 1.82) is 0 Å². The Kier molecular flexibility index (Phi) is 4.99. The van der Waals surface area contributed by atoms with E-state index in [-0.39, 0.29) is 25.7 Å². The van der Waals surface area contributed by atoms with Gasteiger partial charge in [0.15, 0.2) is 5.72 Å². The van der Waals surface area contributed by atoms with Crippen molar-refractivity contribution in [3.05, 3.63) is 0 Å². The first-order valence-electron chi connectivity index (χ1n) is 10.9. The first kappa shape index (κ1) is 24.3. The number of amides is 2. The van der Waals surface area contributed by atoms with E-state index in [1.54, 1.807) is 20.8 Å². The van der Waals surface area contributed by atoms with Crippen molar-refractivity contribution in [3.8, 4) is 0 Å². The minimum absolute atomic E-state index is 0.0597. The molecule has 2 saturated carbocycles. The summed E-state index contributed by atoms with van der Waals surface area (Å²) in [6.07, 6.45) is -4.62. The molecule has 0 unspecified atom stereocenters. The van der Waals surface area contributed by atoms with Gasteiger partial charge in [0.05, 0.1) is 5.54 Å². The van der Waals surface area contributed by atoms with Crippen LogP contribution in [0.3, 0.4) is 0 Å². The molecule has 2 N–H and O–H groups in total. The molecule has 3 fully saturated rings. The van der Waals surface area contributed by atoms with Gasteiger partial charge in [-0.25, -0.2) is 0 Å². The summed E-state index contributed by atoms with van der Waals surface area (Å²) >= 11 is 0. The summed E-state index contributed by atoms with van der Waals surface area (Å²) < 4.78 is 44.6. The molecule has 1 aliphatic heterocycles. The van der Waals surface area contributed by atoms with Gasteiger partial charge in [0.25, 0.3) is 5.72 Å². The maximum Gasteiger partial charge on any atom is 0.439 e. The summed E-state index contributed by atoms with van der Waals surface area (Å²) in [4.78, 5) is 28.5. The van der Waals surface area contributed by atoms with Gasteiger partial charge in [-0.05, 0) is 45.4 Å². The number of carbonyl (C=O) groups excluding carboxylic acids is 2. The lowest BCUT2D eigenvalue weighted by Crippen LogP contribution is -2.95. The molecule has 31 heavy (non-hydrogen) atoms. The van der Waals surface area contributed by atoms with E-state index in [1.165, 1.54) is 27.7 Å². The van der Waals surface area contributed by atoms with Crippen molar-refractivity contribution < 1.29 is 33.0 Å². The molecule has 2 aliphatic carbocycles. The maximum atomic E-state index is 14.9. The molecule has 9 heteroatoms. The minimum atomic E-state index is -5.23. The Morgan fingerprint density at radius 2 is 1.10 bits per heavy atom. The highest BCUT2D eigenvalue weighted by atomic mass is 19.4. The fourth-order valence-electron chi connectivity index (χ4n) is 5.60. The number of rotatable bonds is 0. The van der Waals surface area contributed by atoms with Gasteiger partial charge in [0, 0.05) is 10.8 Å². The van der Waals surface area contributed by atoms with E-state index in [9.17, 15) is 33.0 Å². The molecular formula is C22H35F3N2O4. The van der Waals surface area contributed by atoms with Crippen LogP contribution < -0.4 is 0 Å². The Labute approximate surface area is 181 Å². The van der Waals surface area contributed by atoms with E-state index in [4.69, 9.17) is 0 Å². The molecule has 3 aliphatic rings. The highest BCUT2D eigenvalue weighted by molar-refractivity contribution is 5.87. The second kappa shape index (κ2) is 6.37. The van der Waals surface area contributed by atoms with Crippen LogP contribution in [0.5, 0.6) is 0 Å². The van der Waals surface area contributed by atoms with Crippen molar-refractivity contribution in [2.75, 3.05) is 0 Å². The predicted octanol–water partition coefficient (Wildman–Crippen LogP) is 3.55. The first-order chi connectivity index (χ1) is 13.7. The Morgan fingerprint density at radius 1 is 0.742 bits per heavy atom. The number of hydrogen-bond donors (Lipinski definition) is 2. The minimum Gasteiger partial charge on any atom is -0.369 e. The van der Waals surface area contributed by atoms with Crippen molar-refractivity contribution in [2.24, 2.45) is 10.8 Å². The molecule has 2 spiro atoms. The van der Waals surface area contributed by atoms with Crippen molar-refractivity contribution in [2.45, 2.75) is 116 Å². The predicted molar refractivity (Wildman–Crippen MR) is 107 cm³/mol. The number of hydrogen-bond acceptors (Lipinski definition) is 4. The maximum absolute atomic E-state index is 14.9. The third-order valence-electron chi connectivity index (χ3n) is 7.59. The van der Waals surface area contributed by atoms with Crippen LogP contribution in [0.15, 0.2) is 0 Å². The van der Waals surface area contributed by atoms with Gasteiger partial charge in [0.2, 0.25) is 11.8 Å². The number of nitrogens with zero attached hydrogens (tertiary/aromatic N) is 2. The van der Waals surface area contributed by atoms with Gasteiger partial charge < -0.3 is 15.1 Å². The highest BCUT2D eigenvalue weighted by Gasteiger charge is 2.85. The van der Waals surface area contributed by atoms with Gasteiger partial charge in [-0.3, -0.25) is 14.5 Å². The number of halogens is 3. The largest absolute Gasteiger partial charge is 0.439 e. The molecular weight excluding hydrogens is 413 g/mol. The van der Waals surface area contributed by atoms with Crippen LogP contribution in [0, 0.1) is 10.8 Å². The molecule has 6 nitrogen and oxygen atoms in total. The summed E-state index contributed by atoms with van der Waals surface area (Å²) in [5.41, 5.74) is -11.9. The van der Waals surface area contributed by atoms with Crippen LogP contribution in [-0.4, -0.2) is 60.5 Å². The van der Waals surface area contributed by atoms with E-state index >= 15 is 0 Å². The lowest BCUT2D eigenvalue weighted by molar-refractivity contribution is -0.436. The SMILES string of the molecule is CC(C)(C)C(=O)N1C2(CCC2)[C@](C)(O)N(C(=O)C(C)(C)C)C2(CCC2)[C@@]1(O)C(F)(F)F. The number of alkyl halides is 3.